The van der Waals surface area contributed by atoms with Crippen LogP contribution in [0.1, 0.15) is 25.0 Å². The van der Waals surface area contributed by atoms with E-state index >= 15 is 0 Å². The summed E-state index contributed by atoms with van der Waals surface area (Å²) in [6.07, 6.45) is -0.954. The Labute approximate surface area is 100 Å². The van der Waals surface area contributed by atoms with Crippen LogP contribution in [0.5, 0.6) is 0 Å². The zero-order chi connectivity index (χ0) is 12.4. The number of allylic oxidation sites excluding steroid dienone is 1. The van der Waals surface area contributed by atoms with Gasteiger partial charge in [0, 0.05) is 5.57 Å². The van der Waals surface area contributed by atoms with Gasteiger partial charge in [-0.15, -0.1) is 0 Å². The van der Waals surface area contributed by atoms with Crippen molar-refractivity contribution in [2.24, 2.45) is 0 Å². The molecule has 1 aromatic rings. The van der Waals surface area contributed by atoms with Crippen LogP contribution in [0.15, 0.2) is 29.8 Å². The number of benzene rings is 1. The van der Waals surface area contributed by atoms with E-state index in [-0.39, 0.29) is 6.61 Å². The van der Waals surface area contributed by atoms with E-state index in [4.69, 9.17) is 4.74 Å². The molecule has 0 amide bonds. The summed E-state index contributed by atoms with van der Waals surface area (Å²) in [4.78, 5) is 11.5. The molecule has 1 unspecified atom stereocenters. The third kappa shape index (κ3) is 2.09. The Morgan fingerprint density at radius 2 is 2.18 bits per heavy atom. The summed E-state index contributed by atoms with van der Waals surface area (Å²) in [7, 11) is 0. The van der Waals surface area contributed by atoms with Gasteiger partial charge in [0.05, 0.1) is 6.61 Å². The molecule has 0 saturated carbocycles. The van der Waals surface area contributed by atoms with Crippen molar-refractivity contribution in [3.63, 3.8) is 0 Å². The fourth-order valence-corrected chi connectivity index (χ4v) is 2.23. The van der Waals surface area contributed by atoms with Gasteiger partial charge in [-0.05, 0) is 31.4 Å². The Kier molecular flexibility index (Phi) is 3.27. The highest BCUT2D eigenvalue weighted by Crippen LogP contribution is 2.36. The predicted molar refractivity (Wildman–Crippen MR) is 64.3 cm³/mol. The minimum absolute atomic E-state index is 0.202. The zero-order valence-corrected chi connectivity index (χ0v) is 10.00. The maximum atomic E-state index is 14.1. The highest BCUT2D eigenvalue weighted by Gasteiger charge is 2.31. The summed E-state index contributed by atoms with van der Waals surface area (Å²) >= 11 is 0. The number of fused-ring (bicyclic) bond motifs is 1. The van der Waals surface area contributed by atoms with Gasteiger partial charge >= 0.3 is 5.97 Å². The smallest absolute Gasteiger partial charge is 0.345 e. The van der Waals surface area contributed by atoms with Crippen molar-refractivity contribution in [3.05, 3.63) is 41.0 Å². The summed E-state index contributed by atoms with van der Waals surface area (Å²) in [6, 6.07) is 7.60. The van der Waals surface area contributed by atoms with E-state index in [0.29, 0.717) is 12.0 Å². The minimum Gasteiger partial charge on any atom is -0.464 e. The van der Waals surface area contributed by atoms with E-state index in [2.05, 4.69) is 0 Å². The Morgan fingerprint density at radius 3 is 2.88 bits per heavy atom. The van der Waals surface area contributed by atoms with Crippen molar-refractivity contribution >= 4 is 11.5 Å². The van der Waals surface area contributed by atoms with Crippen molar-refractivity contribution in [3.8, 4) is 0 Å². The second-order valence-electron chi connectivity index (χ2n) is 4.14. The number of halogens is 1. The maximum absolute atomic E-state index is 14.1. The lowest BCUT2D eigenvalue weighted by atomic mass is 10.0. The van der Waals surface area contributed by atoms with Crippen LogP contribution in [0.25, 0.3) is 5.57 Å². The summed E-state index contributed by atoms with van der Waals surface area (Å²) in [6.45, 7) is 3.74. The van der Waals surface area contributed by atoms with E-state index < -0.39 is 12.1 Å². The van der Waals surface area contributed by atoms with Crippen LogP contribution in [0, 0.1) is 0 Å². The quantitative estimate of drug-likeness (QED) is 0.752. The van der Waals surface area contributed by atoms with Gasteiger partial charge < -0.3 is 4.74 Å². The number of carbonyl (C=O) groups excluding carboxylic acids is 1. The Balaban J connectivity index is 2.32. The van der Waals surface area contributed by atoms with Crippen LogP contribution in [-0.2, 0) is 16.0 Å². The molecule has 0 bridgehead atoms. The van der Waals surface area contributed by atoms with Crippen LogP contribution in [0.4, 0.5) is 4.39 Å². The molecule has 0 N–H and O–H groups in total. The average molecular weight is 234 g/mol. The predicted octanol–water partition coefficient (Wildman–Crippen LogP) is 2.92. The third-order valence-corrected chi connectivity index (χ3v) is 2.97. The van der Waals surface area contributed by atoms with Gasteiger partial charge in [-0.3, -0.25) is 0 Å². The summed E-state index contributed by atoms with van der Waals surface area (Å²) in [5.74, 6) is -0.793. The fourth-order valence-electron chi connectivity index (χ4n) is 2.23. The largest absolute Gasteiger partial charge is 0.464 e. The molecule has 17 heavy (non-hydrogen) atoms. The topological polar surface area (TPSA) is 26.3 Å². The second-order valence-corrected chi connectivity index (χ2v) is 4.14. The molecule has 2 nitrogen and oxygen atoms in total. The lowest BCUT2D eigenvalue weighted by molar-refractivity contribution is -0.146. The van der Waals surface area contributed by atoms with Crippen LogP contribution in [0.2, 0.25) is 0 Å². The van der Waals surface area contributed by atoms with Gasteiger partial charge in [0.1, 0.15) is 0 Å². The monoisotopic (exact) mass is 234 g/mol. The van der Waals surface area contributed by atoms with Crippen molar-refractivity contribution < 1.29 is 13.9 Å². The van der Waals surface area contributed by atoms with Gasteiger partial charge in [-0.25, -0.2) is 9.18 Å². The number of esters is 1. The first kappa shape index (κ1) is 11.8. The van der Waals surface area contributed by atoms with E-state index in [0.717, 1.165) is 16.7 Å². The number of hydrogen-bond acceptors (Lipinski definition) is 2. The lowest BCUT2D eigenvalue weighted by Gasteiger charge is -2.11. The first-order valence-corrected chi connectivity index (χ1v) is 5.73. The maximum Gasteiger partial charge on any atom is 0.345 e. The van der Waals surface area contributed by atoms with E-state index in [1.165, 1.54) is 0 Å². The molecule has 1 aromatic carbocycles. The molecular weight excluding hydrogens is 219 g/mol. The molecule has 0 spiro atoms. The molecule has 3 heteroatoms. The van der Waals surface area contributed by atoms with E-state index in [1.54, 1.807) is 6.92 Å². The Hall–Kier alpha value is -1.64. The van der Waals surface area contributed by atoms with Gasteiger partial charge in [-0.1, -0.05) is 29.8 Å². The van der Waals surface area contributed by atoms with Gasteiger partial charge in [0.15, 0.2) is 0 Å². The van der Waals surface area contributed by atoms with Crippen molar-refractivity contribution in [1.29, 1.82) is 0 Å². The molecule has 0 aliphatic heterocycles. The third-order valence-electron chi connectivity index (χ3n) is 2.97. The van der Waals surface area contributed by atoms with E-state index in [9.17, 15) is 9.18 Å². The van der Waals surface area contributed by atoms with E-state index in [1.807, 2.05) is 31.2 Å². The Morgan fingerprint density at radius 1 is 1.47 bits per heavy atom. The summed E-state index contributed by atoms with van der Waals surface area (Å²) < 4.78 is 18.8. The van der Waals surface area contributed by atoms with Crippen LogP contribution >= 0.6 is 0 Å². The van der Waals surface area contributed by atoms with Gasteiger partial charge in [0.25, 0.3) is 0 Å². The number of carbonyl (C=O) groups is 1. The van der Waals surface area contributed by atoms with Crippen molar-refractivity contribution in [2.45, 2.75) is 26.4 Å². The first-order chi connectivity index (χ1) is 8.15. The zero-order valence-electron chi connectivity index (χ0n) is 10.00. The standard InChI is InChI=1S/C14H15FO2/c1-3-17-14(16)13(15)12-9(2)8-10-6-4-5-7-11(10)12/h4-7,13H,3,8H2,1-2H3. The molecular formula is C14H15FO2. The molecule has 2 rings (SSSR count). The normalized spacial score (nSPS) is 15.7. The molecule has 0 aromatic heterocycles. The number of hydrogen-bond donors (Lipinski definition) is 0. The fraction of sp³-hybridized carbons (Fsp3) is 0.357. The number of ether oxygens (including phenoxy) is 1. The Bertz CT molecular complexity index is 477. The molecule has 0 fully saturated rings. The molecule has 90 valence electrons. The van der Waals surface area contributed by atoms with Crippen LogP contribution in [0.3, 0.4) is 0 Å². The highest BCUT2D eigenvalue weighted by atomic mass is 19.1. The summed E-state index contributed by atoms with van der Waals surface area (Å²) in [5.41, 5.74) is 3.31. The lowest BCUT2D eigenvalue weighted by Crippen LogP contribution is -2.20. The van der Waals surface area contributed by atoms with Gasteiger partial charge in [0.2, 0.25) is 6.17 Å². The first-order valence-electron chi connectivity index (χ1n) is 5.73. The molecule has 1 atom stereocenters. The molecule has 0 heterocycles. The van der Waals surface area contributed by atoms with Gasteiger partial charge in [-0.2, -0.15) is 0 Å². The molecule has 0 saturated heterocycles. The van der Waals surface area contributed by atoms with Crippen molar-refractivity contribution in [1.82, 2.24) is 0 Å². The van der Waals surface area contributed by atoms with Crippen LogP contribution in [-0.4, -0.2) is 18.7 Å². The molecule has 0 radical (unpaired) electrons. The number of rotatable bonds is 3. The van der Waals surface area contributed by atoms with Crippen LogP contribution < -0.4 is 0 Å². The SMILES string of the molecule is CCOC(=O)C(F)C1=C(C)Cc2ccccc21. The number of alkyl halides is 1. The average Bonchev–Trinajstić information content (AvgIpc) is 2.64. The second kappa shape index (κ2) is 4.70. The summed E-state index contributed by atoms with van der Waals surface area (Å²) in [5, 5.41) is 0. The van der Waals surface area contributed by atoms with Crippen molar-refractivity contribution in [2.75, 3.05) is 6.61 Å². The molecule has 1 aliphatic rings. The molecule has 1 aliphatic carbocycles. The highest BCUT2D eigenvalue weighted by molar-refractivity contribution is 5.94. The minimum atomic E-state index is -1.67.